The van der Waals surface area contributed by atoms with E-state index < -0.39 is 17.3 Å². The number of nitrogens with zero attached hydrogens (tertiary/aromatic N) is 1. The van der Waals surface area contributed by atoms with Gasteiger partial charge in [-0.2, -0.15) is 13.2 Å². The molecule has 1 N–H and O–H groups in total. The zero-order valence-electron chi connectivity index (χ0n) is 19.4. The predicted molar refractivity (Wildman–Crippen MR) is 125 cm³/mol. The molecular formula is C27H25F3N2O3. The Balaban J connectivity index is 1.60. The third-order valence-corrected chi connectivity index (χ3v) is 6.35. The Morgan fingerprint density at radius 3 is 2.26 bits per heavy atom. The minimum atomic E-state index is -4.45. The first-order valence-corrected chi connectivity index (χ1v) is 11.1. The number of nitrogens with one attached hydrogen (secondary N) is 1. The highest BCUT2D eigenvalue weighted by atomic mass is 19.4. The predicted octanol–water partition coefficient (Wildman–Crippen LogP) is 4.99. The number of carbonyl (C=O) groups is 2. The first-order valence-electron chi connectivity index (χ1n) is 11.1. The third-order valence-electron chi connectivity index (χ3n) is 6.35. The van der Waals surface area contributed by atoms with E-state index in [0.717, 1.165) is 23.3 Å². The van der Waals surface area contributed by atoms with Gasteiger partial charge in [-0.1, -0.05) is 42.5 Å². The number of fused-ring (bicyclic) bond motifs is 1. The smallest absolute Gasteiger partial charge is 0.416 e. The minimum absolute atomic E-state index is 0.00222. The van der Waals surface area contributed by atoms with Crippen LogP contribution >= 0.6 is 0 Å². The highest BCUT2D eigenvalue weighted by Gasteiger charge is 2.46. The Kier molecular flexibility index (Phi) is 6.56. The lowest BCUT2D eigenvalue weighted by atomic mass is 9.82. The Morgan fingerprint density at radius 2 is 1.63 bits per heavy atom. The van der Waals surface area contributed by atoms with Gasteiger partial charge in [-0.05, 0) is 53.9 Å². The average molecular weight is 483 g/mol. The molecule has 0 spiro atoms. The van der Waals surface area contributed by atoms with E-state index in [1.54, 1.807) is 38.3 Å². The van der Waals surface area contributed by atoms with Crippen molar-refractivity contribution in [2.24, 2.45) is 0 Å². The van der Waals surface area contributed by atoms with Gasteiger partial charge in [0.2, 0.25) is 5.91 Å². The second-order valence-electron chi connectivity index (χ2n) is 8.72. The fraction of sp³-hybridized carbons (Fsp3) is 0.259. The summed E-state index contributed by atoms with van der Waals surface area (Å²) in [5.74, 6) is 0.0150. The lowest BCUT2D eigenvalue weighted by molar-refractivity contribution is -0.137. The minimum Gasteiger partial charge on any atom is -0.497 e. The Bertz CT molecular complexity index is 1220. The van der Waals surface area contributed by atoms with Gasteiger partial charge in [0.1, 0.15) is 11.3 Å². The summed E-state index contributed by atoms with van der Waals surface area (Å²) in [4.78, 5) is 28.4. The fourth-order valence-corrected chi connectivity index (χ4v) is 4.27. The van der Waals surface area contributed by atoms with Crippen LogP contribution < -0.4 is 10.1 Å². The van der Waals surface area contributed by atoms with Crippen LogP contribution in [-0.2, 0) is 30.5 Å². The van der Waals surface area contributed by atoms with Crippen molar-refractivity contribution in [2.75, 3.05) is 7.11 Å². The average Bonchev–Trinajstić information content (AvgIpc) is 2.85. The summed E-state index contributed by atoms with van der Waals surface area (Å²) in [6.45, 7) is 1.94. The molecule has 2 amide bonds. The van der Waals surface area contributed by atoms with Crippen molar-refractivity contribution < 1.29 is 27.5 Å². The third kappa shape index (κ3) is 5.01. The van der Waals surface area contributed by atoms with Crippen molar-refractivity contribution in [2.45, 2.75) is 38.1 Å². The molecule has 0 saturated carbocycles. The molecule has 5 nitrogen and oxygen atoms in total. The van der Waals surface area contributed by atoms with Crippen LogP contribution in [0.5, 0.6) is 5.75 Å². The van der Waals surface area contributed by atoms with Crippen LogP contribution in [0.25, 0.3) is 0 Å². The van der Waals surface area contributed by atoms with Gasteiger partial charge < -0.3 is 15.0 Å². The highest BCUT2D eigenvalue weighted by molar-refractivity contribution is 6.02. The van der Waals surface area contributed by atoms with Crippen molar-refractivity contribution in [3.05, 3.63) is 101 Å². The van der Waals surface area contributed by atoms with Crippen molar-refractivity contribution in [1.82, 2.24) is 10.2 Å². The number of carbonyl (C=O) groups excluding carboxylic acids is 2. The molecule has 3 aromatic carbocycles. The Labute approximate surface area is 201 Å². The fourth-order valence-electron chi connectivity index (χ4n) is 4.27. The number of rotatable bonds is 6. The van der Waals surface area contributed by atoms with E-state index in [1.165, 1.54) is 17.0 Å². The number of amides is 2. The van der Waals surface area contributed by atoms with Gasteiger partial charge in [0, 0.05) is 25.1 Å². The zero-order valence-corrected chi connectivity index (χ0v) is 19.4. The number of ether oxygens (including phenoxy) is 1. The second kappa shape index (κ2) is 9.44. The summed E-state index contributed by atoms with van der Waals surface area (Å²) < 4.78 is 44.1. The first kappa shape index (κ1) is 24.3. The van der Waals surface area contributed by atoms with Gasteiger partial charge >= 0.3 is 6.18 Å². The largest absolute Gasteiger partial charge is 0.497 e. The molecule has 0 saturated heterocycles. The quantitative estimate of drug-likeness (QED) is 0.539. The van der Waals surface area contributed by atoms with Gasteiger partial charge in [0.15, 0.2) is 0 Å². The molecule has 0 unspecified atom stereocenters. The van der Waals surface area contributed by atoms with E-state index in [-0.39, 0.29) is 31.3 Å². The van der Waals surface area contributed by atoms with Gasteiger partial charge in [-0.3, -0.25) is 9.59 Å². The van der Waals surface area contributed by atoms with Crippen molar-refractivity contribution in [1.29, 1.82) is 0 Å². The number of hydrogen-bond acceptors (Lipinski definition) is 3. The molecule has 0 radical (unpaired) electrons. The Hall–Kier alpha value is -3.81. The molecule has 3 aromatic rings. The summed E-state index contributed by atoms with van der Waals surface area (Å²) in [6, 6.07) is 19.0. The summed E-state index contributed by atoms with van der Waals surface area (Å²) in [5.41, 5.74) is 0.597. The van der Waals surface area contributed by atoms with Crippen LogP contribution in [0.15, 0.2) is 72.8 Å². The summed E-state index contributed by atoms with van der Waals surface area (Å²) in [5, 5.41) is 2.92. The summed E-state index contributed by atoms with van der Waals surface area (Å²) in [6.07, 6.45) is -4.17. The monoisotopic (exact) mass is 482 g/mol. The van der Waals surface area contributed by atoms with Crippen LogP contribution in [0.4, 0.5) is 13.2 Å². The number of methoxy groups -OCH3 is 1. The van der Waals surface area contributed by atoms with Crippen LogP contribution in [0.1, 0.15) is 39.5 Å². The molecule has 35 heavy (non-hydrogen) atoms. The van der Waals surface area contributed by atoms with E-state index in [9.17, 15) is 22.8 Å². The van der Waals surface area contributed by atoms with Crippen molar-refractivity contribution in [3.63, 3.8) is 0 Å². The number of benzene rings is 3. The molecule has 0 aromatic heterocycles. The molecule has 0 fully saturated rings. The molecular weight excluding hydrogens is 457 g/mol. The number of halogens is 3. The normalized spacial score (nSPS) is 17.6. The van der Waals surface area contributed by atoms with E-state index >= 15 is 0 Å². The van der Waals surface area contributed by atoms with Crippen LogP contribution in [0.3, 0.4) is 0 Å². The van der Waals surface area contributed by atoms with Gasteiger partial charge in [-0.25, -0.2) is 0 Å². The lowest BCUT2D eigenvalue weighted by Gasteiger charge is -2.44. The number of hydrogen-bond donors (Lipinski definition) is 1. The van der Waals surface area contributed by atoms with E-state index in [2.05, 4.69) is 5.32 Å². The van der Waals surface area contributed by atoms with Crippen LogP contribution in [0.2, 0.25) is 0 Å². The summed E-state index contributed by atoms with van der Waals surface area (Å²) in [7, 11) is 1.57. The zero-order chi connectivity index (χ0) is 25.2. The van der Waals surface area contributed by atoms with E-state index in [1.807, 2.05) is 24.3 Å². The van der Waals surface area contributed by atoms with Crippen molar-refractivity contribution >= 4 is 11.8 Å². The van der Waals surface area contributed by atoms with Gasteiger partial charge in [-0.15, -0.1) is 0 Å². The van der Waals surface area contributed by atoms with Crippen LogP contribution in [0, 0.1) is 0 Å². The van der Waals surface area contributed by atoms with E-state index in [0.29, 0.717) is 16.9 Å². The number of alkyl halides is 3. The maximum Gasteiger partial charge on any atom is 0.416 e. The molecule has 0 aliphatic carbocycles. The molecule has 4 rings (SSSR count). The van der Waals surface area contributed by atoms with Crippen LogP contribution in [-0.4, -0.2) is 29.4 Å². The lowest BCUT2D eigenvalue weighted by Crippen LogP contribution is -2.62. The molecule has 8 heteroatoms. The molecule has 1 heterocycles. The first-order chi connectivity index (χ1) is 16.6. The standard InChI is InChI=1S/C27H25F3N2O3/c1-26(25(34)31-16-18-9-13-22(35-2)14-10-18)15-20-5-3-4-6-23(20)24(33)32(26)17-19-7-11-21(12-8-19)27(28,29)30/h3-14H,15-17H2,1-2H3,(H,31,34)/t26-/m0/s1. The maximum atomic E-state index is 13.5. The topological polar surface area (TPSA) is 58.6 Å². The molecule has 1 aliphatic rings. The Morgan fingerprint density at radius 1 is 1.00 bits per heavy atom. The van der Waals surface area contributed by atoms with Crippen molar-refractivity contribution in [3.8, 4) is 5.75 Å². The second-order valence-corrected chi connectivity index (χ2v) is 8.72. The molecule has 182 valence electrons. The maximum absolute atomic E-state index is 13.5. The van der Waals surface area contributed by atoms with E-state index in [4.69, 9.17) is 4.74 Å². The van der Waals surface area contributed by atoms with Gasteiger partial charge in [0.05, 0.1) is 12.7 Å². The van der Waals surface area contributed by atoms with Gasteiger partial charge in [0.25, 0.3) is 5.91 Å². The molecule has 1 atom stereocenters. The SMILES string of the molecule is COc1ccc(CNC(=O)[C@]2(C)Cc3ccccc3C(=O)N2Cc2ccc(C(F)(F)F)cc2)cc1. The molecule has 0 bridgehead atoms. The highest BCUT2D eigenvalue weighted by Crippen LogP contribution is 2.34. The molecule has 1 aliphatic heterocycles. The summed E-state index contributed by atoms with van der Waals surface area (Å²) >= 11 is 0.